The van der Waals surface area contributed by atoms with Crippen LogP contribution in [0.5, 0.6) is 0 Å². The van der Waals surface area contributed by atoms with Crippen molar-refractivity contribution in [3.8, 4) is 11.1 Å². The Labute approximate surface area is 123 Å². The lowest BCUT2D eigenvalue weighted by Crippen LogP contribution is -2.16. The Balaban J connectivity index is 2.35. The molecule has 0 bridgehead atoms. The van der Waals surface area contributed by atoms with Gasteiger partial charge in [0.2, 0.25) is 5.65 Å². The number of nitrogens with two attached hydrogens (primary N) is 1. The standard InChI is InChI=1S/C13H8Cl2N4O/c14-8-2-1-3-9(15)10(8)7-4-6-5-17-13(16)19-11(6)18-12(7)20/h1-5H,(H3,16,17,18,19,20)/p+1. The van der Waals surface area contributed by atoms with Crippen LogP contribution in [0.3, 0.4) is 0 Å². The summed E-state index contributed by atoms with van der Waals surface area (Å²) in [5, 5.41) is 1.52. The quantitative estimate of drug-likeness (QED) is 0.723. The van der Waals surface area contributed by atoms with E-state index in [1.54, 1.807) is 30.5 Å². The maximum absolute atomic E-state index is 12.2. The molecule has 0 aliphatic carbocycles. The third kappa shape index (κ3) is 2.11. The van der Waals surface area contributed by atoms with Crippen LogP contribution in [0.1, 0.15) is 0 Å². The topological polar surface area (TPSA) is 85.9 Å². The molecule has 3 aromatic rings. The molecule has 0 atom stereocenters. The second-order valence-corrected chi connectivity index (χ2v) is 5.01. The van der Waals surface area contributed by atoms with Crippen molar-refractivity contribution in [3.63, 3.8) is 0 Å². The highest BCUT2D eigenvalue weighted by molar-refractivity contribution is 6.39. The number of rotatable bonds is 1. The lowest BCUT2D eigenvalue weighted by molar-refractivity contribution is -0.362. The number of nitrogen functional groups attached to an aromatic ring is 1. The molecule has 0 saturated heterocycles. The van der Waals surface area contributed by atoms with Crippen LogP contribution in [0.2, 0.25) is 10.0 Å². The zero-order valence-electron chi connectivity index (χ0n) is 10.1. The minimum atomic E-state index is -0.328. The number of hydrogen-bond donors (Lipinski definition) is 2. The summed E-state index contributed by atoms with van der Waals surface area (Å²) in [7, 11) is 0. The Morgan fingerprint density at radius 3 is 2.65 bits per heavy atom. The summed E-state index contributed by atoms with van der Waals surface area (Å²) in [5.74, 6) is 0.219. The molecular weight excluding hydrogens is 299 g/mol. The van der Waals surface area contributed by atoms with Crippen LogP contribution in [0, 0.1) is 0 Å². The molecule has 0 radical (unpaired) electrons. The van der Waals surface area contributed by atoms with Gasteiger partial charge in [0.15, 0.2) is 0 Å². The van der Waals surface area contributed by atoms with Gasteiger partial charge in [-0.15, -0.1) is 0 Å². The van der Waals surface area contributed by atoms with E-state index in [9.17, 15) is 4.79 Å². The first-order chi connectivity index (χ1) is 9.56. The number of nitrogens with zero attached hydrogens (tertiary/aromatic N) is 1. The Morgan fingerprint density at radius 2 is 1.95 bits per heavy atom. The normalized spacial score (nSPS) is 10.9. The Kier molecular flexibility index (Phi) is 3.08. The summed E-state index contributed by atoms with van der Waals surface area (Å²) in [6.07, 6.45) is 1.65. The zero-order chi connectivity index (χ0) is 14.3. The van der Waals surface area contributed by atoms with Gasteiger partial charge in [0.25, 0.3) is 5.56 Å². The average Bonchev–Trinajstić information content (AvgIpc) is 2.39. The molecular formula is C13H9Cl2N4O+. The molecule has 100 valence electrons. The number of aromatic amines is 2. The van der Waals surface area contributed by atoms with E-state index in [4.69, 9.17) is 28.9 Å². The van der Waals surface area contributed by atoms with E-state index in [-0.39, 0.29) is 11.5 Å². The molecule has 1 aromatic carbocycles. The van der Waals surface area contributed by atoms with Gasteiger partial charge in [-0.1, -0.05) is 34.3 Å². The second kappa shape index (κ2) is 4.77. The molecule has 0 spiro atoms. The van der Waals surface area contributed by atoms with E-state index in [1.807, 2.05) is 0 Å². The summed E-state index contributed by atoms with van der Waals surface area (Å²) < 4.78 is 0. The molecule has 20 heavy (non-hydrogen) atoms. The third-order valence-electron chi connectivity index (χ3n) is 2.89. The molecule has 0 aliphatic rings. The van der Waals surface area contributed by atoms with Gasteiger partial charge in [-0.25, -0.2) is 4.98 Å². The first-order valence-corrected chi connectivity index (χ1v) is 6.47. The van der Waals surface area contributed by atoms with E-state index >= 15 is 0 Å². The highest BCUT2D eigenvalue weighted by Gasteiger charge is 2.14. The third-order valence-corrected chi connectivity index (χ3v) is 3.52. The number of nitrogens with one attached hydrogen (secondary N) is 2. The average molecular weight is 308 g/mol. The van der Waals surface area contributed by atoms with Gasteiger partial charge in [0.05, 0.1) is 27.2 Å². The predicted octanol–water partition coefficient (Wildman–Crippen LogP) is 2.29. The highest BCUT2D eigenvalue weighted by atomic mass is 35.5. The molecule has 4 N–H and O–H groups in total. The SMILES string of the molecule is Nc1nc2[nH]c(=O)c(-c3c(Cl)cccc3Cl)cc2c[nH+]1. The number of pyridine rings is 1. The molecule has 2 heterocycles. The van der Waals surface area contributed by atoms with Crippen LogP contribution in [0.15, 0.2) is 35.3 Å². The Morgan fingerprint density at radius 1 is 1.25 bits per heavy atom. The molecule has 0 fully saturated rings. The Hall–Kier alpha value is -2.11. The Bertz CT molecular complexity index is 856. The van der Waals surface area contributed by atoms with Crippen molar-refractivity contribution < 1.29 is 4.98 Å². The fraction of sp³-hybridized carbons (Fsp3) is 0. The van der Waals surface area contributed by atoms with E-state index < -0.39 is 0 Å². The molecule has 0 saturated carbocycles. The predicted molar refractivity (Wildman–Crippen MR) is 78.8 cm³/mol. The molecule has 5 nitrogen and oxygen atoms in total. The summed E-state index contributed by atoms with van der Waals surface area (Å²) >= 11 is 12.3. The largest absolute Gasteiger partial charge is 0.388 e. The summed E-state index contributed by atoms with van der Waals surface area (Å²) in [6, 6.07) is 6.75. The van der Waals surface area contributed by atoms with Crippen molar-refractivity contribution in [1.29, 1.82) is 0 Å². The van der Waals surface area contributed by atoms with E-state index in [2.05, 4.69) is 15.0 Å². The number of fused-ring (bicyclic) bond motifs is 1. The van der Waals surface area contributed by atoms with Gasteiger partial charge in [0.1, 0.15) is 0 Å². The van der Waals surface area contributed by atoms with Crippen LogP contribution in [-0.2, 0) is 0 Å². The van der Waals surface area contributed by atoms with E-state index in [0.717, 1.165) is 0 Å². The lowest BCUT2D eigenvalue weighted by Gasteiger charge is -2.06. The van der Waals surface area contributed by atoms with Gasteiger partial charge in [-0.3, -0.25) is 15.5 Å². The van der Waals surface area contributed by atoms with Crippen molar-refractivity contribution in [2.24, 2.45) is 0 Å². The molecule has 0 unspecified atom stereocenters. The van der Waals surface area contributed by atoms with Crippen LogP contribution in [0.25, 0.3) is 22.2 Å². The van der Waals surface area contributed by atoms with E-state index in [1.165, 1.54) is 0 Å². The van der Waals surface area contributed by atoms with Gasteiger partial charge in [-0.05, 0) is 18.2 Å². The zero-order valence-corrected chi connectivity index (χ0v) is 11.6. The number of benzene rings is 1. The molecule has 0 aliphatic heterocycles. The van der Waals surface area contributed by atoms with Crippen molar-refractivity contribution in [3.05, 3.63) is 50.9 Å². The smallest absolute Gasteiger partial charge is 0.292 e. The fourth-order valence-electron chi connectivity index (χ4n) is 1.98. The number of anilines is 1. The second-order valence-electron chi connectivity index (χ2n) is 4.20. The number of hydrogen-bond acceptors (Lipinski definition) is 3. The number of H-pyrrole nitrogens is 2. The van der Waals surface area contributed by atoms with Gasteiger partial charge in [0, 0.05) is 5.56 Å². The first kappa shape index (κ1) is 12.9. The summed E-state index contributed by atoms with van der Waals surface area (Å²) in [4.78, 5) is 21.7. The number of aromatic nitrogens is 3. The molecule has 3 rings (SSSR count). The maximum atomic E-state index is 12.2. The van der Waals surface area contributed by atoms with Crippen LogP contribution >= 0.6 is 23.2 Å². The highest BCUT2D eigenvalue weighted by Crippen LogP contribution is 2.33. The minimum absolute atomic E-state index is 0.219. The van der Waals surface area contributed by atoms with Crippen LogP contribution in [-0.4, -0.2) is 9.97 Å². The summed E-state index contributed by atoms with van der Waals surface area (Å²) in [6.45, 7) is 0. The molecule has 0 amide bonds. The van der Waals surface area contributed by atoms with Crippen molar-refractivity contribution >= 4 is 40.2 Å². The van der Waals surface area contributed by atoms with Crippen molar-refractivity contribution in [1.82, 2.24) is 9.97 Å². The van der Waals surface area contributed by atoms with Crippen molar-refractivity contribution in [2.75, 3.05) is 5.73 Å². The summed E-state index contributed by atoms with van der Waals surface area (Å²) in [5.41, 5.74) is 6.49. The minimum Gasteiger partial charge on any atom is -0.292 e. The monoisotopic (exact) mass is 307 g/mol. The lowest BCUT2D eigenvalue weighted by atomic mass is 10.1. The van der Waals surface area contributed by atoms with Gasteiger partial charge >= 0.3 is 5.95 Å². The first-order valence-electron chi connectivity index (χ1n) is 5.72. The van der Waals surface area contributed by atoms with Crippen molar-refractivity contribution in [2.45, 2.75) is 0 Å². The number of halogens is 2. The van der Waals surface area contributed by atoms with Gasteiger partial charge in [-0.2, -0.15) is 0 Å². The molecule has 7 heteroatoms. The van der Waals surface area contributed by atoms with Gasteiger partial charge < -0.3 is 0 Å². The van der Waals surface area contributed by atoms with Crippen LogP contribution in [0.4, 0.5) is 5.95 Å². The maximum Gasteiger partial charge on any atom is 0.388 e. The van der Waals surface area contributed by atoms with E-state index in [0.29, 0.717) is 32.2 Å². The van der Waals surface area contributed by atoms with Crippen LogP contribution < -0.4 is 16.3 Å². The fourth-order valence-corrected chi connectivity index (χ4v) is 2.59. The molecule has 2 aromatic heterocycles.